The Kier molecular flexibility index (Phi) is 2.96. The van der Waals surface area contributed by atoms with Gasteiger partial charge in [-0.05, 0) is 23.8 Å². The summed E-state index contributed by atoms with van der Waals surface area (Å²) in [5.74, 6) is 0.745. The molecule has 0 unspecified atom stereocenters. The summed E-state index contributed by atoms with van der Waals surface area (Å²) in [6, 6.07) is 7.34. The van der Waals surface area contributed by atoms with E-state index in [0.717, 1.165) is 12.0 Å². The molecule has 1 fully saturated rings. The van der Waals surface area contributed by atoms with Crippen molar-refractivity contribution >= 4 is 34.8 Å². The van der Waals surface area contributed by atoms with Crippen LogP contribution in [-0.4, -0.2) is 24.5 Å². The highest BCUT2D eigenvalue weighted by Gasteiger charge is 2.52. The van der Waals surface area contributed by atoms with E-state index < -0.39 is 4.33 Å². The number of alkyl halides is 2. The molecule has 0 N–H and O–H groups in total. The zero-order chi connectivity index (χ0) is 12.8. The van der Waals surface area contributed by atoms with Gasteiger partial charge < -0.3 is 0 Å². The first-order chi connectivity index (χ1) is 8.54. The van der Waals surface area contributed by atoms with E-state index in [1.165, 1.54) is 4.80 Å². The highest BCUT2D eigenvalue weighted by atomic mass is 35.5. The number of hydrogen-bond acceptors (Lipinski definition) is 3. The van der Waals surface area contributed by atoms with Gasteiger partial charge in [-0.15, -0.1) is 33.4 Å². The molecule has 1 heterocycles. The molecule has 1 atom stereocenters. The minimum Gasteiger partial charge on any atom is -0.163 e. The van der Waals surface area contributed by atoms with Crippen molar-refractivity contribution in [3.05, 3.63) is 29.3 Å². The summed E-state index contributed by atoms with van der Waals surface area (Å²) >= 11 is 17.8. The minimum absolute atomic E-state index is 0.197. The molecule has 4 nitrogen and oxygen atoms in total. The van der Waals surface area contributed by atoms with Crippen LogP contribution in [0.5, 0.6) is 0 Å². The lowest BCUT2D eigenvalue weighted by Crippen LogP contribution is -2.07. The van der Waals surface area contributed by atoms with Gasteiger partial charge in [0.1, 0.15) is 4.33 Å². The van der Waals surface area contributed by atoms with E-state index in [2.05, 4.69) is 15.4 Å². The first kappa shape index (κ1) is 12.2. The van der Waals surface area contributed by atoms with Crippen molar-refractivity contribution in [3.8, 4) is 11.4 Å². The zero-order valence-electron chi connectivity index (χ0n) is 9.22. The van der Waals surface area contributed by atoms with Gasteiger partial charge in [-0.3, -0.25) is 0 Å². The summed E-state index contributed by atoms with van der Waals surface area (Å²) in [7, 11) is 0. The van der Waals surface area contributed by atoms with Crippen molar-refractivity contribution in [2.75, 3.05) is 0 Å². The Labute approximate surface area is 119 Å². The SMILES string of the molecule is Clc1cccc(-c2nnn(C[C@@H]3CC3(Cl)Cl)n2)c1. The first-order valence-electron chi connectivity index (χ1n) is 5.46. The molecule has 1 aliphatic carbocycles. The molecule has 18 heavy (non-hydrogen) atoms. The van der Waals surface area contributed by atoms with E-state index in [-0.39, 0.29) is 5.92 Å². The van der Waals surface area contributed by atoms with Gasteiger partial charge in [0, 0.05) is 16.5 Å². The molecule has 2 aromatic rings. The molecule has 1 aliphatic rings. The lowest BCUT2D eigenvalue weighted by atomic mass is 10.2. The van der Waals surface area contributed by atoms with Crippen LogP contribution in [0.15, 0.2) is 24.3 Å². The number of benzene rings is 1. The summed E-state index contributed by atoms with van der Waals surface area (Å²) in [6.45, 7) is 0.584. The largest absolute Gasteiger partial charge is 0.204 e. The number of nitrogens with zero attached hydrogens (tertiary/aromatic N) is 4. The van der Waals surface area contributed by atoms with Crippen LogP contribution in [0.25, 0.3) is 11.4 Å². The number of rotatable bonds is 3. The molecular weight excluding hydrogens is 295 g/mol. The Morgan fingerprint density at radius 3 is 2.83 bits per heavy atom. The van der Waals surface area contributed by atoms with E-state index in [9.17, 15) is 0 Å². The fourth-order valence-corrected chi connectivity index (χ4v) is 2.43. The molecule has 0 bridgehead atoms. The Morgan fingerprint density at radius 2 is 2.17 bits per heavy atom. The van der Waals surface area contributed by atoms with Crippen LogP contribution < -0.4 is 0 Å². The third kappa shape index (κ3) is 2.46. The van der Waals surface area contributed by atoms with E-state index in [1.54, 1.807) is 12.1 Å². The predicted octanol–water partition coefficient (Wildman–Crippen LogP) is 3.19. The summed E-state index contributed by atoms with van der Waals surface area (Å²) in [6.07, 6.45) is 0.768. The van der Waals surface area contributed by atoms with Crippen molar-refractivity contribution in [3.63, 3.8) is 0 Å². The number of aromatic nitrogens is 4. The normalized spacial score (nSPS) is 20.9. The maximum Gasteiger partial charge on any atom is 0.204 e. The first-order valence-corrected chi connectivity index (χ1v) is 6.59. The molecule has 1 aromatic heterocycles. The Balaban J connectivity index is 1.77. The van der Waals surface area contributed by atoms with Crippen LogP contribution in [0.2, 0.25) is 5.02 Å². The Bertz CT molecular complexity index is 581. The second-order valence-corrected chi connectivity index (χ2v) is 6.32. The monoisotopic (exact) mass is 302 g/mol. The van der Waals surface area contributed by atoms with Crippen LogP contribution in [-0.2, 0) is 6.54 Å². The van der Waals surface area contributed by atoms with E-state index in [4.69, 9.17) is 34.8 Å². The number of tetrazole rings is 1. The molecule has 94 valence electrons. The Morgan fingerprint density at radius 1 is 1.39 bits per heavy atom. The standard InChI is InChI=1S/C11H9Cl3N4/c12-9-3-1-2-7(4-9)10-15-17-18(16-10)6-8-5-11(8,13)14/h1-4,8H,5-6H2/t8-/m0/s1. The van der Waals surface area contributed by atoms with Gasteiger partial charge in [0.05, 0.1) is 6.54 Å². The van der Waals surface area contributed by atoms with E-state index in [0.29, 0.717) is 17.4 Å². The maximum atomic E-state index is 5.96. The molecule has 0 radical (unpaired) electrons. The summed E-state index contributed by atoms with van der Waals surface area (Å²) in [5, 5.41) is 12.9. The summed E-state index contributed by atoms with van der Waals surface area (Å²) in [4.78, 5) is 1.52. The van der Waals surface area contributed by atoms with Gasteiger partial charge in [0.15, 0.2) is 0 Å². The third-order valence-electron chi connectivity index (χ3n) is 2.88. The van der Waals surface area contributed by atoms with Crippen LogP contribution in [0.3, 0.4) is 0 Å². The molecule has 0 saturated heterocycles. The van der Waals surface area contributed by atoms with Crippen molar-refractivity contribution in [1.82, 2.24) is 20.2 Å². The third-order valence-corrected chi connectivity index (χ3v) is 4.04. The zero-order valence-corrected chi connectivity index (χ0v) is 11.5. The van der Waals surface area contributed by atoms with Crippen molar-refractivity contribution in [2.24, 2.45) is 5.92 Å². The summed E-state index contributed by atoms with van der Waals surface area (Å²) < 4.78 is -0.621. The average Bonchev–Trinajstić information content (AvgIpc) is 2.75. The average molecular weight is 304 g/mol. The smallest absolute Gasteiger partial charge is 0.163 e. The molecule has 1 saturated carbocycles. The van der Waals surface area contributed by atoms with Crippen molar-refractivity contribution in [1.29, 1.82) is 0 Å². The van der Waals surface area contributed by atoms with Crippen molar-refractivity contribution in [2.45, 2.75) is 17.3 Å². The van der Waals surface area contributed by atoms with E-state index in [1.807, 2.05) is 12.1 Å². The van der Waals surface area contributed by atoms with Crippen molar-refractivity contribution < 1.29 is 0 Å². The minimum atomic E-state index is -0.621. The topological polar surface area (TPSA) is 43.6 Å². The molecule has 0 aliphatic heterocycles. The highest BCUT2D eigenvalue weighted by Crippen LogP contribution is 2.53. The van der Waals surface area contributed by atoms with Gasteiger partial charge in [-0.1, -0.05) is 23.7 Å². The van der Waals surface area contributed by atoms with Gasteiger partial charge in [-0.2, -0.15) is 4.80 Å². The predicted molar refractivity (Wildman–Crippen MR) is 70.8 cm³/mol. The molecule has 3 rings (SSSR count). The van der Waals surface area contributed by atoms with Gasteiger partial charge in [0.2, 0.25) is 5.82 Å². The number of halogens is 3. The fourth-order valence-electron chi connectivity index (χ4n) is 1.73. The number of hydrogen-bond donors (Lipinski definition) is 0. The van der Waals surface area contributed by atoms with Crippen LogP contribution >= 0.6 is 34.8 Å². The van der Waals surface area contributed by atoms with Gasteiger partial charge in [0.25, 0.3) is 0 Å². The summed E-state index contributed by atoms with van der Waals surface area (Å²) in [5.41, 5.74) is 0.840. The van der Waals surface area contributed by atoms with E-state index >= 15 is 0 Å². The van der Waals surface area contributed by atoms with Crippen LogP contribution in [0.4, 0.5) is 0 Å². The molecule has 7 heteroatoms. The highest BCUT2D eigenvalue weighted by molar-refractivity contribution is 6.50. The van der Waals surface area contributed by atoms with Gasteiger partial charge >= 0.3 is 0 Å². The maximum absolute atomic E-state index is 5.96. The van der Waals surface area contributed by atoms with Crippen LogP contribution in [0, 0.1) is 5.92 Å². The van der Waals surface area contributed by atoms with Gasteiger partial charge in [-0.25, -0.2) is 0 Å². The van der Waals surface area contributed by atoms with Crippen LogP contribution in [0.1, 0.15) is 6.42 Å². The molecular formula is C11H9Cl3N4. The molecule has 0 amide bonds. The fraction of sp³-hybridized carbons (Fsp3) is 0.364. The second-order valence-electron chi connectivity index (χ2n) is 4.34. The Hall–Kier alpha value is -0.840. The lowest BCUT2D eigenvalue weighted by Gasteiger charge is -1.98. The lowest BCUT2D eigenvalue weighted by molar-refractivity contribution is 0.484. The molecule has 0 spiro atoms. The quantitative estimate of drug-likeness (QED) is 0.818. The second kappa shape index (κ2) is 4.37. The molecule has 1 aromatic carbocycles.